The van der Waals surface area contributed by atoms with Gasteiger partial charge in [0.15, 0.2) is 0 Å². The van der Waals surface area contributed by atoms with E-state index in [2.05, 4.69) is 15.2 Å². The van der Waals surface area contributed by atoms with E-state index in [1.54, 1.807) is 29.3 Å². The van der Waals surface area contributed by atoms with Crippen molar-refractivity contribution < 1.29 is 9.59 Å². The van der Waals surface area contributed by atoms with Crippen molar-refractivity contribution in [2.75, 3.05) is 11.4 Å². The summed E-state index contributed by atoms with van der Waals surface area (Å²) >= 11 is 0. The lowest BCUT2D eigenvalue weighted by atomic mass is 9.81. The number of amides is 2. The number of H-pyrrole nitrogens is 2. The van der Waals surface area contributed by atoms with Crippen molar-refractivity contribution in [3.63, 3.8) is 0 Å². The van der Waals surface area contributed by atoms with Gasteiger partial charge in [0.25, 0.3) is 5.56 Å². The van der Waals surface area contributed by atoms with Crippen molar-refractivity contribution in [1.29, 1.82) is 0 Å². The van der Waals surface area contributed by atoms with Gasteiger partial charge in [0, 0.05) is 35.5 Å². The molecule has 1 aliphatic rings. The zero-order valence-electron chi connectivity index (χ0n) is 22.4. The van der Waals surface area contributed by atoms with E-state index < -0.39 is 11.9 Å². The predicted octanol–water partition coefficient (Wildman–Crippen LogP) is 3.84. The Morgan fingerprint density at radius 1 is 1.05 bits per heavy atom. The molecule has 2 aromatic carbocycles. The van der Waals surface area contributed by atoms with Crippen molar-refractivity contribution >= 4 is 40.8 Å². The van der Waals surface area contributed by atoms with E-state index in [0.717, 1.165) is 35.2 Å². The third-order valence-electron chi connectivity index (χ3n) is 7.94. The molecule has 0 saturated heterocycles. The third-order valence-corrected chi connectivity index (χ3v) is 7.94. The zero-order chi connectivity index (χ0) is 27.5. The van der Waals surface area contributed by atoms with Gasteiger partial charge in [-0.15, -0.1) is 12.4 Å². The number of aromatic nitrogens is 3. The molecule has 0 spiro atoms. The van der Waals surface area contributed by atoms with Crippen molar-refractivity contribution in [2.24, 2.45) is 23.3 Å². The summed E-state index contributed by atoms with van der Waals surface area (Å²) in [5, 5.41) is 5.90. The lowest BCUT2D eigenvalue weighted by molar-refractivity contribution is -0.127. The molecule has 0 unspecified atom stereocenters. The van der Waals surface area contributed by atoms with Crippen LogP contribution in [-0.4, -0.2) is 39.6 Å². The molecule has 0 aliphatic heterocycles. The van der Waals surface area contributed by atoms with Crippen LogP contribution in [0, 0.1) is 18.8 Å². The van der Waals surface area contributed by atoms with Crippen LogP contribution in [0.2, 0.25) is 0 Å². The van der Waals surface area contributed by atoms with Crippen molar-refractivity contribution in [2.45, 2.75) is 45.1 Å². The number of carbonyl (C=O) groups excluding carboxylic acids is 2. The van der Waals surface area contributed by atoms with E-state index >= 15 is 0 Å². The Kier molecular flexibility index (Phi) is 9.07. The Balaban J connectivity index is 0.00000370. The highest BCUT2D eigenvalue weighted by Crippen LogP contribution is 2.33. The first kappa shape index (κ1) is 29.0. The van der Waals surface area contributed by atoms with Gasteiger partial charge in [0.1, 0.15) is 6.04 Å². The number of nitrogens with zero attached hydrogens (tertiary/aromatic N) is 2. The molecule has 0 radical (unpaired) electrons. The number of anilines is 1. The molecule has 5 rings (SSSR count). The molecule has 1 aliphatic carbocycles. The minimum atomic E-state index is -0.904. The fraction of sp³-hybridized carbons (Fsp3) is 0.333. The van der Waals surface area contributed by atoms with Crippen LogP contribution >= 0.6 is 12.4 Å². The maximum atomic E-state index is 14.0. The van der Waals surface area contributed by atoms with Gasteiger partial charge in [0.2, 0.25) is 11.8 Å². The smallest absolute Gasteiger partial charge is 0.271 e. The average molecular weight is 563 g/mol. The number of rotatable bonds is 8. The van der Waals surface area contributed by atoms with Crippen LogP contribution in [0.1, 0.15) is 36.9 Å². The summed E-state index contributed by atoms with van der Waals surface area (Å²) < 4.78 is 0. The van der Waals surface area contributed by atoms with Crippen LogP contribution in [0.3, 0.4) is 0 Å². The van der Waals surface area contributed by atoms with Gasteiger partial charge >= 0.3 is 0 Å². The molecule has 1 saturated carbocycles. The van der Waals surface area contributed by atoms with Crippen LogP contribution < -0.4 is 21.9 Å². The zero-order valence-corrected chi connectivity index (χ0v) is 23.2. The van der Waals surface area contributed by atoms with Gasteiger partial charge in [-0.2, -0.15) is 0 Å². The largest absolute Gasteiger partial charge is 0.368 e. The molecule has 4 aromatic rings. The second-order valence-electron chi connectivity index (χ2n) is 10.4. The average Bonchev–Trinajstić information content (AvgIpc) is 3.33. The van der Waals surface area contributed by atoms with Crippen LogP contribution in [0.25, 0.3) is 22.0 Å². The fourth-order valence-corrected chi connectivity index (χ4v) is 5.63. The molecule has 0 bridgehead atoms. The second kappa shape index (κ2) is 12.5. The molecule has 10 heteroatoms. The maximum absolute atomic E-state index is 14.0. The normalized spacial score (nSPS) is 17.6. The molecule has 2 aromatic heterocycles. The first-order valence-electron chi connectivity index (χ1n) is 13.4. The summed E-state index contributed by atoms with van der Waals surface area (Å²) in [7, 11) is 0. The summed E-state index contributed by atoms with van der Waals surface area (Å²) in [6, 6.07) is 16.0. The number of aryl methyl sites for hydroxylation is 1. The molecule has 2 amide bonds. The number of fused-ring (bicyclic) bond motifs is 1. The monoisotopic (exact) mass is 562 g/mol. The molecular formula is C30H35ClN6O3. The number of nitrogens with two attached hydrogens (primary N) is 2. The van der Waals surface area contributed by atoms with E-state index in [9.17, 15) is 14.4 Å². The molecule has 1 fully saturated rings. The number of hydrogen-bond donors (Lipinski definition) is 4. The highest BCUT2D eigenvalue weighted by Gasteiger charge is 2.36. The quantitative estimate of drug-likeness (QED) is 0.257. The number of benzene rings is 2. The predicted molar refractivity (Wildman–Crippen MR) is 159 cm³/mol. The van der Waals surface area contributed by atoms with Crippen molar-refractivity contribution in [1.82, 2.24) is 15.2 Å². The van der Waals surface area contributed by atoms with E-state index in [4.69, 9.17) is 11.5 Å². The van der Waals surface area contributed by atoms with Gasteiger partial charge in [-0.05, 0) is 80.5 Å². The fourth-order valence-electron chi connectivity index (χ4n) is 5.63. The summed E-state index contributed by atoms with van der Waals surface area (Å²) in [6.07, 6.45) is 5.20. The van der Waals surface area contributed by atoms with E-state index in [1.165, 1.54) is 0 Å². The van der Waals surface area contributed by atoms with Gasteiger partial charge in [-0.25, -0.2) is 0 Å². The number of pyridine rings is 1. The van der Waals surface area contributed by atoms with Crippen LogP contribution in [0.4, 0.5) is 5.69 Å². The van der Waals surface area contributed by atoms with Gasteiger partial charge < -0.3 is 11.5 Å². The number of halogens is 1. The number of aromatic amines is 2. The van der Waals surface area contributed by atoms with Crippen molar-refractivity contribution in [3.8, 4) is 11.1 Å². The van der Waals surface area contributed by atoms with Crippen LogP contribution in [0.15, 0.2) is 65.6 Å². The Morgan fingerprint density at radius 2 is 1.77 bits per heavy atom. The Morgan fingerprint density at radius 3 is 2.42 bits per heavy atom. The standard InChI is InChI=1S/C30H34N6O3.ClH/c1-18-24(3-2-14-33-18)21-8-4-19(5-9-21)15-27(28(32)37)36(30(39)22-10-6-20(17-31)7-11-22)23-12-13-25-26(16-23)34-35-29(25)38;/h2-5,8-9,12-14,16,20,22,27H,6-7,10-11,15,17,31H2,1H3,(H2,32,37)(H2,34,35,38);1H/t20?,22?,27-;/m0./s1. The Labute approximate surface area is 238 Å². The molecule has 2 heterocycles. The van der Waals surface area contributed by atoms with E-state index in [-0.39, 0.29) is 36.2 Å². The summed E-state index contributed by atoms with van der Waals surface area (Å²) in [6.45, 7) is 2.58. The van der Waals surface area contributed by atoms with Gasteiger partial charge in [0.05, 0.1) is 10.9 Å². The minimum Gasteiger partial charge on any atom is -0.368 e. The van der Waals surface area contributed by atoms with Crippen LogP contribution in [-0.2, 0) is 16.0 Å². The van der Waals surface area contributed by atoms with Crippen LogP contribution in [0.5, 0.6) is 0 Å². The number of nitrogens with one attached hydrogen (secondary N) is 2. The highest BCUT2D eigenvalue weighted by atomic mass is 35.5. The molecule has 40 heavy (non-hydrogen) atoms. The molecule has 6 N–H and O–H groups in total. The summed E-state index contributed by atoms with van der Waals surface area (Å²) in [4.78, 5) is 45.0. The highest BCUT2D eigenvalue weighted by molar-refractivity contribution is 6.03. The molecule has 210 valence electrons. The van der Waals surface area contributed by atoms with Gasteiger partial charge in [-0.1, -0.05) is 30.3 Å². The number of primary amides is 1. The molecule has 1 atom stereocenters. The number of hydrogen-bond acceptors (Lipinski definition) is 5. The first-order valence-corrected chi connectivity index (χ1v) is 13.4. The SMILES string of the molecule is Cc1ncccc1-c1ccc(C[C@@H](C(N)=O)N(C(=O)C2CCC(CN)CC2)c2ccc3c(=O)[nH][nH]c3c2)cc1.Cl. The minimum absolute atomic E-state index is 0. The summed E-state index contributed by atoms with van der Waals surface area (Å²) in [5.41, 5.74) is 16.5. The Bertz CT molecular complexity index is 1540. The first-order chi connectivity index (χ1) is 18.9. The molecular weight excluding hydrogens is 528 g/mol. The number of carbonyl (C=O) groups is 2. The van der Waals surface area contributed by atoms with E-state index in [1.807, 2.05) is 43.3 Å². The lowest BCUT2D eigenvalue weighted by Crippen LogP contribution is -2.52. The second-order valence-corrected chi connectivity index (χ2v) is 10.4. The van der Waals surface area contributed by atoms with Crippen molar-refractivity contribution in [3.05, 3.63) is 82.4 Å². The maximum Gasteiger partial charge on any atom is 0.271 e. The Hall–Kier alpha value is -3.95. The topological polar surface area (TPSA) is 151 Å². The lowest BCUT2D eigenvalue weighted by Gasteiger charge is -2.35. The molecule has 9 nitrogen and oxygen atoms in total. The van der Waals surface area contributed by atoms with Gasteiger partial charge in [-0.3, -0.25) is 34.5 Å². The summed E-state index contributed by atoms with van der Waals surface area (Å²) in [5.74, 6) is -0.535. The third kappa shape index (κ3) is 5.95. The van der Waals surface area contributed by atoms with E-state index in [0.29, 0.717) is 41.9 Å².